The molecule has 0 radical (unpaired) electrons. The molecule has 0 amide bonds. The summed E-state index contributed by atoms with van der Waals surface area (Å²) in [6.45, 7) is -0.304. The molecule has 0 saturated carbocycles. The third kappa shape index (κ3) is 4.42. The normalized spacial score (nSPS) is 12.0. The Morgan fingerprint density at radius 2 is 1.72 bits per heavy atom. The topological polar surface area (TPSA) is 130 Å². The van der Waals surface area contributed by atoms with Crippen LogP contribution in [-0.2, 0) is 20.0 Å². The van der Waals surface area contributed by atoms with E-state index in [4.69, 9.17) is 10.4 Å². The fourth-order valence-corrected chi connectivity index (χ4v) is 2.66. The second kappa shape index (κ2) is 5.45. The van der Waals surface area contributed by atoms with Gasteiger partial charge in [-0.1, -0.05) is 0 Å². The summed E-state index contributed by atoms with van der Waals surface area (Å²) in [4.78, 5) is -0.0454. The number of benzene rings is 1. The molecule has 0 heterocycles. The zero-order valence-electron chi connectivity index (χ0n) is 9.20. The van der Waals surface area contributed by atoms with Crippen molar-refractivity contribution in [2.75, 3.05) is 12.3 Å². The number of nitrogens with two attached hydrogens (primary N) is 1. The van der Waals surface area contributed by atoms with E-state index >= 15 is 0 Å². The fraction of sp³-hybridized carbons (Fsp3) is 0.222. The Kier molecular flexibility index (Phi) is 4.42. The van der Waals surface area contributed by atoms with E-state index in [-0.39, 0.29) is 11.4 Å². The quantitative estimate of drug-likeness (QED) is 0.727. The van der Waals surface area contributed by atoms with Crippen LogP contribution in [0.25, 0.3) is 0 Å². The zero-order valence-corrected chi connectivity index (χ0v) is 10.8. The lowest BCUT2D eigenvalue weighted by Crippen LogP contribution is -2.31. The van der Waals surface area contributed by atoms with Crippen LogP contribution < -0.4 is 9.86 Å². The van der Waals surface area contributed by atoms with Crippen molar-refractivity contribution in [1.82, 2.24) is 4.72 Å². The first-order chi connectivity index (χ1) is 8.24. The SMILES string of the molecule is N#Cc1ccc(S(=O)(=O)NCCS(N)(=O)=O)cc1. The molecule has 3 N–H and O–H groups in total. The Balaban J connectivity index is 2.78. The summed E-state index contributed by atoms with van der Waals surface area (Å²) in [5, 5.41) is 13.3. The van der Waals surface area contributed by atoms with Gasteiger partial charge in [0, 0.05) is 6.54 Å². The highest BCUT2D eigenvalue weighted by molar-refractivity contribution is 7.90. The molecule has 0 fully saturated rings. The van der Waals surface area contributed by atoms with Crippen LogP contribution in [0.1, 0.15) is 5.56 Å². The minimum atomic E-state index is -3.79. The van der Waals surface area contributed by atoms with E-state index < -0.39 is 25.8 Å². The van der Waals surface area contributed by atoms with Gasteiger partial charge in [0.15, 0.2) is 0 Å². The van der Waals surface area contributed by atoms with Gasteiger partial charge in [-0.3, -0.25) is 0 Å². The Bertz CT molecular complexity index is 657. The van der Waals surface area contributed by atoms with Gasteiger partial charge < -0.3 is 0 Å². The Labute approximate surface area is 105 Å². The summed E-state index contributed by atoms with van der Waals surface area (Å²) in [6, 6.07) is 7.09. The number of primary sulfonamides is 1. The smallest absolute Gasteiger partial charge is 0.229 e. The van der Waals surface area contributed by atoms with E-state index in [9.17, 15) is 16.8 Å². The molecule has 1 aromatic rings. The fourth-order valence-electron chi connectivity index (χ4n) is 1.11. The molecule has 1 rings (SSSR count). The average molecular weight is 289 g/mol. The van der Waals surface area contributed by atoms with Crippen LogP contribution in [0, 0.1) is 11.3 Å². The van der Waals surface area contributed by atoms with Gasteiger partial charge in [0.1, 0.15) is 0 Å². The minimum Gasteiger partial charge on any atom is -0.229 e. The zero-order chi connectivity index (χ0) is 13.8. The second-order valence-corrected chi connectivity index (χ2v) is 6.90. The molecule has 0 aromatic heterocycles. The van der Waals surface area contributed by atoms with E-state index in [0.717, 1.165) is 0 Å². The summed E-state index contributed by atoms with van der Waals surface area (Å²) < 4.78 is 46.8. The van der Waals surface area contributed by atoms with Crippen molar-refractivity contribution in [3.63, 3.8) is 0 Å². The number of sulfonamides is 2. The van der Waals surface area contributed by atoms with Gasteiger partial charge in [0.25, 0.3) is 0 Å². The number of hydrogen-bond donors (Lipinski definition) is 2. The Morgan fingerprint density at radius 1 is 1.17 bits per heavy atom. The Hall–Kier alpha value is -1.47. The monoisotopic (exact) mass is 289 g/mol. The van der Waals surface area contributed by atoms with Gasteiger partial charge in [-0.25, -0.2) is 26.7 Å². The molecule has 0 aliphatic heterocycles. The summed E-state index contributed by atoms with van der Waals surface area (Å²) in [6.07, 6.45) is 0. The summed E-state index contributed by atoms with van der Waals surface area (Å²) >= 11 is 0. The van der Waals surface area contributed by atoms with E-state index in [2.05, 4.69) is 4.72 Å². The minimum absolute atomic E-state index is 0.0454. The van der Waals surface area contributed by atoms with Crippen LogP contribution in [0.4, 0.5) is 0 Å². The predicted octanol–water partition coefficient (Wildman–Crippen LogP) is -0.875. The van der Waals surface area contributed by atoms with E-state index in [1.807, 2.05) is 6.07 Å². The highest BCUT2D eigenvalue weighted by Gasteiger charge is 2.14. The van der Waals surface area contributed by atoms with Crippen molar-refractivity contribution in [3.8, 4) is 6.07 Å². The van der Waals surface area contributed by atoms with Gasteiger partial charge in [0.05, 0.1) is 22.3 Å². The van der Waals surface area contributed by atoms with Crippen molar-refractivity contribution in [3.05, 3.63) is 29.8 Å². The number of nitriles is 1. The first kappa shape index (κ1) is 14.6. The average Bonchev–Trinajstić information content (AvgIpc) is 2.27. The molecule has 0 aliphatic rings. The number of hydrogen-bond acceptors (Lipinski definition) is 5. The van der Waals surface area contributed by atoms with Gasteiger partial charge in [0.2, 0.25) is 20.0 Å². The third-order valence-electron chi connectivity index (χ3n) is 1.97. The van der Waals surface area contributed by atoms with Crippen LogP contribution in [0.15, 0.2) is 29.2 Å². The third-order valence-corrected chi connectivity index (χ3v) is 4.22. The molecule has 7 nitrogen and oxygen atoms in total. The van der Waals surface area contributed by atoms with Crippen molar-refractivity contribution >= 4 is 20.0 Å². The van der Waals surface area contributed by atoms with Crippen molar-refractivity contribution in [1.29, 1.82) is 5.26 Å². The number of nitrogens with one attached hydrogen (secondary N) is 1. The molecule has 9 heteroatoms. The summed E-state index contributed by atoms with van der Waals surface area (Å²) in [5.74, 6) is -0.484. The van der Waals surface area contributed by atoms with E-state index in [0.29, 0.717) is 5.56 Å². The highest BCUT2D eigenvalue weighted by Crippen LogP contribution is 2.09. The maximum atomic E-state index is 11.7. The summed E-state index contributed by atoms with van der Waals surface area (Å²) in [5.41, 5.74) is 0.332. The molecule has 0 aliphatic carbocycles. The first-order valence-electron chi connectivity index (χ1n) is 4.75. The maximum Gasteiger partial charge on any atom is 0.240 e. The van der Waals surface area contributed by atoms with Gasteiger partial charge >= 0.3 is 0 Å². The van der Waals surface area contributed by atoms with Crippen molar-refractivity contribution < 1.29 is 16.8 Å². The molecular formula is C9H11N3O4S2. The van der Waals surface area contributed by atoms with Crippen LogP contribution in [0.3, 0.4) is 0 Å². The first-order valence-corrected chi connectivity index (χ1v) is 7.95. The second-order valence-electron chi connectivity index (χ2n) is 3.40. The molecule has 98 valence electrons. The Morgan fingerprint density at radius 3 is 2.17 bits per heavy atom. The van der Waals surface area contributed by atoms with Crippen LogP contribution in [0.5, 0.6) is 0 Å². The van der Waals surface area contributed by atoms with E-state index in [1.54, 1.807) is 0 Å². The lowest BCUT2D eigenvalue weighted by Gasteiger charge is -2.05. The standard InChI is InChI=1S/C9H11N3O4S2/c10-7-8-1-3-9(4-2-8)18(15,16)12-5-6-17(11,13)14/h1-4,12H,5-6H2,(H2,11,13,14). The largest absolute Gasteiger partial charge is 0.240 e. The van der Waals surface area contributed by atoms with Crippen LogP contribution in [-0.4, -0.2) is 29.1 Å². The van der Waals surface area contributed by atoms with Crippen LogP contribution in [0.2, 0.25) is 0 Å². The maximum absolute atomic E-state index is 11.7. The predicted molar refractivity (Wildman–Crippen MR) is 64.3 cm³/mol. The molecule has 0 bridgehead atoms. The molecule has 18 heavy (non-hydrogen) atoms. The molecular weight excluding hydrogens is 278 g/mol. The molecule has 0 unspecified atom stereocenters. The lowest BCUT2D eigenvalue weighted by molar-refractivity contribution is 0.581. The van der Waals surface area contributed by atoms with Crippen LogP contribution >= 0.6 is 0 Å². The molecule has 0 spiro atoms. The molecule has 0 atom stereocenters. The number of nitrogens with zero attached hydrogens (tertiary/aromatic N) is 1. The number of rotatable bonds is 5. The highest BCUT2D eigenvalue weighted by atomic mass is 32.2. The van der Waals surface area contributed by atoms with Gasteiger partial charge in [-0.05, 0) is 24.3 Å². The van der Waals surface area contributed by atoms with Gasteiger partial charge in [-0.2, -0.15) is 5.26 Å². The van der Waals surface area contributed by atoms with E-state index in [1.165, 1.54) is 24.3 Å². The van der Waals surface area contributed by atoms with Crippen molar-refractivity contribution in [2.24, 2.45) is 5.14 Å². The lowest BCUT2D eigenvalue weighted by atomic mass is 10.2. The summed E-state index contributed by atoms with van der Waals surface area (Å²) in [7, 11) is -7.50. The van der Waals surface area contributed by atoms with Crippen molar-refractivity contribution in [2.45, 2.75) is 4.90 Å². The molecule has 0 saturated heterocycles. The van der Waals surface area contributed by atoms with Gasteiger partial charge in [-0.15, -0.1) is 0 Å². The molecule has 1 aromatic carbocycles.